The van der Waals surface area contributed by atoms with Crippen LogP contribution >= 0.6 is 0 Å². The number of benzene rings is 1. The van der Waals surface area contributed by atoms with Gasteiger partial charge in [-0.15, -0.1) is 0 Å². The fourth-order valence-corrected chi connectivity index (χ4v) is 2.68. The maximum absolute atomic E-state index is 12.0. The third kappa shape index (κ3) is 5.06. The number of anilines is 1. The Bertz CT molecular complexity index is 493. The first-order chi connectivity index (χ1) is 10.7. The normalized spacial score (nSPS) is 15.1. The molecule has 0 aromatic heterocycles. The molecule has 1 aliphatic rings. The zero-order valence-electron chi connectivity index (χ0n) is 13.1. The lowest BCUT2D eigenvalue weighted by molar-refractivity contribution is -0.128. The second-order valence-corrected chi connectivity index (χ2v) is 5.56. The lowest BCUT2D eigenvalue weighted by Crippen LogP contribution is -2.37. The molecule has 0 spiro atoms. The van der Waals surface area contributed by atoms with Gasteiger partial charge in [0.1, 0.15) is 5.75 Å². The number of amides is 2. The quantitative estimate of drug-likeness (QED) is 0.849. The van der Waals surface area contributed by atoms with Gasteiger partial charge in [0.2, 0.25) is 11.8 Å². The van der Waals surface area contributed by atoms with Crippen molar-refractivity contribution in [1.29, 1.82) is 0 Å². The molecule has 1 aromatic carbocycles. The van der Waals surface area contributed by atoms with Crippen molar-refractivity contribution in [3.05, 3.63) is 24.3 Å². The van der Waals surface area contributed by atoms with E-state index in [9.17, 15) is 9.59 Å². The predicted octanol–water partition coefficient (Wildman–Crippen LogP) is 2.72. The summed E-state index contributed by atoms with van der Waals surface area (Å²) in [7, 11) is 0. The van der Waals surface area contributed by atoms with Gasteiger partial charge in [0.25, 0.3) is 0 Å². The largest absolute Gasteiger partial charge is 0.494 e. The lowest BCUT2D eigenvalue weighted by atomic mass is 9.89. The second kappa shape index (κ2) is 8.41. The van der Waals surface area contributed by atoms with Gasteiger partial charge in [0, 0.05) is 11.6 Å². The molecule has 0 atom stereocenters. The van der Waals surface area contributed by atoms with Crippen molar-refractivity contribution in [3.8, 4) is 5.75 Å². The molecule has 5 heteroatoms. The minimum absolute atomic E-state index is 0.00143. The van der Waals surface area contributed by atoms with Gasteiger partial charge in [-0.2, -0.15) is 0 Å². The number of nitrogens with one attached hydrogen (secondary N) is 2. The third-order valence-electron chi connectivity index (χ3n) is 3.85. The Morgan fingerprint density at radius 1 is 1.14 bits per heavy atom. The van der Waals surface area contributed by atoms with E-state index >= 15 is 0 Å². The van der Waals surface area contributed by atoms with Crippen LogP contribution < -0.4 is 15.4 Å². The Morgan fingerprint density at radius 2 is 1.82 bits per heavy atom. The van der Waals surface area contributed by atoms with Crippen molar-refractivity contribution in [2.45, 2.75) is 39.0 Å². The zero-order valence-corrected chi connectivity index (χ0v) is 13.1. The summed E-state index contributed by atoms with van der Waals surface area (Å²) >= 11 is 0. The Kier molecular flexibility index (Phi) is 6.25. The molecule has 1 fully saturated rings. The molecule has 0 bridgehead atoms. The molecular weight excluding hydrogens is 280 g/mol. The molecule has 2 N–H and O–H groups in total. The molecule has 120 valence electrons. The van der Waals surface area contributed by atoms with Gasteiger partial charge in [-0.05, 0) is 44.0 Å². The summed E-state index contributed by atoms with van der Waals surface area (Å²) in [5, 5.41) is 5.49. The lowest BCUT2D eigenvalue weighted by Gasteiger charge is -2.20. The Balaban J connectivity index is 1.73. The molecule has 2 rings (SSSR count). The first-order valence-electron chi connectivity index (χ1n) is 7.99. The average molecular weight is 304 g/mol. The zero-order chi connectivity index (χ0) is 15.8. The molecule has 5 nitrogen and oxygen atoms in total. The van der Waals surface area contributed by atoms with E-state index in [-0.39, 0.29) is 24.3 Å². The number of ether oxygens (including phenoxy) is 1. The molecule has 0 saturated heterocycles. The minimum atomic E-state index is -0.215. The molecule has 0 unspecified atom stereocenters. The van der Waals surface area contributed by atoms with Crippen molar-refractivity contribution < 1.29 is 14.3 Å². The van der Waals surface area contributed by atoms with Crippen LogP contribution in [0.15, 0.2) is 24.3 Å². The van der Waals surface area contributed by atoms with Gasteiger partial charge >= 0.3 is 0 Å². The summed E-state index contributed by atoms with van der Waals surface area (Å²) in [4.78, 5) is 23.8. The molecule has 1 aliphatic carbocycles. The monoisotopic (exact) mass is 304 g/mol. The van der Waals surface area contributed by atoms with Gasteiger partial charge in [0.05, 0.1) is 13.2 Å². The fourth-order valence-electron chi connectivity index (χ4n) is 2.68. The van der Waals surface area contributed by atoms with Crippen molar-refractivity contribution in [1.82, 2.24) is 5.32 Å². The van der Waals surface area contributed by atoms with Crippen LogP contribution in [0.1, 0.15) is 39.0 Å². The summed E-state index contributed by atoms with van der Waals surface area (Å²) in [6, 6.07) is 7.18. The van der Waals surface area contributed by atoms with Gasteiger partial charge in [-0.25, -0.2) is 0 Å². The highest BCUT2D eigenvalue weighted by molar-refractivity contribution is 5.94. The number of carbonyl (C=O) groups excluding carboxylic acids is 2. The highest BCUT2D eigenvalue weighted by atomic mass is 16.5. The standard InChI is InChI=1S/C17H24N2O3/c1-2-22-15-10-8-14(9-11-15)19-16(20)12-18-17(21)13-6-4-3-5-7-13/h8-11,13H,2-7,12H2,1H3,(H,18,21)(H,19,20). The summed E-state index contributed by atoms with van der Waals surface area (Å²) < 4.78 is 5.34. The first-order valence-corrected chi connectivity index (χ1v) is 7.99. The van der Waals surface area contributed by atoms with Crippen LogP contribution in [0.5, 0.6) is 5.75 Å². The van der Waals surface area contributed by atoms with Gasteiger partial charge < -0.3 is 15.4 Å². The van der Waals surface area contributed by atoms with E-state index in [4.69, 9.17) is 4.74 Å². The smallest absolute Gasteiger partial charge is 0.243 e. The first kappa shape index (κ1) is 16.3. The Hall–Kier alpha value is -2.04. The number of rotatable bonds is 6. The molecule has 0 aliphatic heterocycles. The van der Waals surface area contributed by atoms with E-state index in [1.54, 1.807) is 24.3 Å². The molecule has 0 radical (unpaired) electrons. The van der Waals surface area contributed by atoms with Gasteiger partial charge in [-0.1, -0.05) is 19.3 Å². The van der Waals surface area contributed by atoms with Gasteiger partial charge in [-0.3, -0.25) is 9.59 Å². The van der Waals surface area contributed by atoms with Crippen molar-refractivity contribution >= 4 is 17.5 Å². The summed E-state index contributed by atoms with van der Waals surface area (Å²) in [6.45, 7) is 2.55. The van der Waals surface area contributed by atoms with Crippen molar-refractivity contribution in [2.75, 3.05) is 18.5 Å². The van der Waals surface area contributed by atoms with Crippen LogP contribution in [0.25, 0.3) is 0 Å². The van der Waals surface area contributed by atoms with E-state index < -0.39 is 0 Å². The maximum Gasteiger partial charge on any atom is 0.243 e. The van der Waals surface area contributed by atoms with Crippen LogP contribution in [0.3, 0.4) is 0 Å². The van der Waals surface area contributed by atoms with Crippen LogP contribution in [0, 0.1) is 5.92 Å². The van der Waals surface area contributed by atoms with E-state index in [1.165, 1.54) is 6.42 Å². The number of carbonyl (C=O) groups is 2. The Labute approximate surface area is 131 Å². The van der Waals surface area contributed by atoms with E-state index in [2.05, 4.69) is 10.6 Å². The van der Waals surface area contributed by atoms with Crippen molar-refractivity contribution in [3.63, 3.8) is 0 Å². The summed E-state index contributed by atoms with van der Waals surface area (Å²) in [5.41, 5.74) is 0.695. The highest BCUT2D eigenvalue weighted by Gasteiger charge is 2.21. The van der Waals surface area contributed by atoms with Gasteiger partial charge in [0.15, 0.2) is 0 Å². The third-order valence-corrected chi connectivity index (χ3v) is 3.85. The van der Waals surface area contributed by atoms with E-state index in [1.807, 2.05) is 6.92 Å². The van der Waals surface area contributed by atoms with Crippen molar-refractivity contribution in [2.24, 2.45) is 5.92 Å². The summed E-state index contributed by atoms with van der Waals surface area (Å²) in [5.74, 6) is 0.632. The second-order valence-electron chi connectivity index (χ2n) is 5.56. The Morgan fingerprint density at radius 3 is 2.45 bits per heavy atom. The fraction of sp³-hybridized carbons (Fsp3) is 0.529. The molecule has 22 heavy (non-hydrogen) atoms. The average Bonchev–Trinajstić information content (AvgIpc) is 2.55. The molecule has 2 amide bonds. The minimum Gasteiger partial charge on any atom is -0.494 e. The maximum atomic E-state index is 12.0. The number of hydrogen-bond donors (Lipinski definition) is 2. The SMILES string of the molecule is CCOc1ccc(NC(=O)CNC(=O)C2CCCCC2)cc1. The number of hydrogen-bond acceptors (Lipinski definition) is 3. The van der Waals surface area contributed by atoms with Crippen LogP contribution in [0.2, 0.25) is 0 Å². The molecule has 0 heterocycles. The molecule has 1 saturated carbocycles. The topological polar surface area (TPSA) is 67.4 Å². The van der Waals surface area contributed by atoms with E-state index in [0.717, 1.165) is 31.4 Å². The van der Waals surface area contributed by atoms with Crippen LogP contribution in [-0.2, 0) is 9.59 Å². The van der Waals surface area contributed by atoms with Crippen LogP contribution in [0.4, 0.5) is 5.69 Å². The summed E-state index contributed by atoms with van der Waals surface area (Å²) in [6.07, 6.45) is 5.30. The highest BCUT2D eigenvalue weighted by Crippen LogP contribution is 2.23. The van der Waals surface area contributed by atoms with Crippen LogP contribution in [-0.4, -0.2) is 25.0 Å². The molecular formula is C17H24N2O3. The predicted molar refractivity (Wildman–Crippen MR) is 85.8 cm³/mol. The molecule has 1 aromatic rings. The van der Waals surface area contributed by atoms with E-state index in [0.29, 0.717) is 12.3 Å².